The Hall–Kier alpha value is -0.560. The molecule has 1 nitrogen and oxygen atoms in total. The lowest BCUT2D eigenvalue weighted by Gasteiger charge is -1.97. The first-order chi connectivity index (χ1) is 10.3. The van der Waals surface area contributed by atoms with Gasteiger partial charge in [-0.05, 0) is 32.1 Å². The first-order valence-electron chi connectivity index (χ1n) is 9.16. The lowest BCUT2D eigenvalue weighted by molar-refractivity contribution is 0.282. The molecule has 0 heterocycles. The maximum atomic E-state index is 8.49. The van der Waals surface area contributed by atoms with Gasteiger partial charge in [-0.15, -0.1) is 13.2 Å². The van der Waals surface area contributed by atoms with Gasteiger partial charge in [0.05, 0.1) is 0 Å². The summed E-state index contributed by atoms with van der Waals surface area (Å²) in [7, 11) is 0. The van der Waals surface area contributed by atoms with Gasteiger partial charge in [-0.25, -0.2) is 0 Å². The summed E-state index contributed by atoms with van der Waals surface area (Å²) in [6, 6.07) is 0. The molecule has 0 bridgehead atoms. The van der Waals surface area contributed by atoms with E-state index in [1.807, 2.05) is 12.2 Å². The van der Waals surface area contributed by atoms with Crippen molar-refractivity contribution in [1.82, 2.24) is 0 Å². The van der Waals surface area contributed by atoms with Crippen LogP contribution in [0.25, 0.3) is 0 Å². The highest BCUT2D eigenvalue weighted by molar-refractivity contribution is 4.65. The molecule has 0 aromatic rings. The molecule has 0 aromatic heterocycles. The minimum atomic E-state index is 0.354. The lowest BCUT2D eigenvalue weighted by Crippen LogP contribution is -1.83. The minimum Gasteiger partial charge on any atom is -0.396 e. The largest absolute Gasteiger partial charge is 0.396 e. The van der Waals surface area contributed by atoms with E-state index < -0.39 is 0 Å². The molecule has 1 heteroatoms. The van der Waals surface area contributed by atoms with Gasteiger partial charge in [0.25, 0.3) is 0 Å². The third kappa shape index (κ3) is 28.4. The molecule has 0 aliphatic carbocycles. The van der Waals surface area contributed by atoms with E-state index in [0.29, 0.717) is 6.61 Å². The van der Waals surface area contributed by atoms with Crippen LogP contribution in [0.15, 0.2) is 25.3 Å². The van der Waals surface area contributed by atoms with Crippen LogP contribution >= 0.6 is 0 Å². The van der Waals surface area contributed by atoms with Gasteiger partial charge >= 0.3 is 0 Å². The quantitative estimate of drug-likeness (QED) is 0.260. The Morgan fingerprint density at radius 2 is 1.00 bits per heavy atom. The monoisotopic (exact) mass is 296 g/mol. The second-order valence-corrected chi connectivity index (χ2v) is 5.77. The second-order valence-electron chi connectivity index (χ2n) is 5.77. The van der Waals surface area contributed by atoms with Crippen LogP contribution in [0.4, 0.5) is 0 Å². The van der Waals surface area contributed by atoms with Gasteiger partial charge in [-0.1, -0.05) is 76.9 Å². The summed E-state index contributed by atoms with van der Waals surface area (Å²) in [6.07, 6.45) is 22.0. The van der Waals surface area contributed by atoms with Crippen LogP contribution in [0.2, 0.25) is 0 Å². The van der Waals surface area contributed by atoms with E-state index in [1.54, 1.807) is 0 Å². The summed E-state index contributed by atoms with van der Waals surface area (Å²) in [5.74, 6) is 0. The topological polar surface area (TPSA) is 20.2 Å². The fraction of sp³-hybridized carbons (Fsp3) is 0.800. The molecular weight excluding hydrogens is 256 g/mol. The van der Waals surface area contributed by atoms with E-state index in [2.05, 4.69) is 20.1 Å². The van der Waals surface area contributed by atoms with Crippen LogP contribution in [-0.4, -0.2) is 11.7 Å². The SMILES string of the molecule is C=CCCCCCCCC.C=CCCCCCCCCO. The van der Waals surface area contributed by atoms with Crippen molar-refractivity contribution in [2.45, 2.75) is 96.8 Å². The molecular formula is C20H40O. The molecule has 0 saturated carbocycles. The van der Waals surface area contributed by atoms with Crippen molar-refractivity contribution in [3.05, 3.63) is 25.3 Å². The van der Waals surface area contributed by atoms with E-state index in [0.717, 1.165) is 12.8 Å². The van der Waals surface area contributed by atoms with E-state index in [4.69, 9.17) is 5.11 Å². The Morgan fingerprint density at radius 3 is 1.38 bits per heavy atom. The fourth-order valence-electron chi connectivity index (χ4n) is 2.18. The molecule has 0 rings (SSSR count). The van der Waals surface area contributed by atoms with Crippen molar-refractivity contribution < 1.29 is 5.11 Å². The fourth-order valence-corrected chi connectivity index (χ4v) is 2.18. The zero-order valence-electron chi connectivity index (χ0n) is 14.6. The van der Waals surface area contributed by atoms with Crippen LogP contribution in [0.3, 0.4) is 0 Å². The predicted molar refractivity (Wildman–Crippen MR) is 97.8 cm³/mol. The summed E-state index contributed by atoms with van der Waals surface area (Å²) < 4.78 is 0. The molecule has 0 unspecified atom stereocenters. The lowest BCUT2D eigenvalue weighted by atomic mass is 10.1. The minimum absolute atomic E-state index is 0.354. The van der Waals surface area contributed by atoms with Crippen molar-refractivity contribution >= 4 is 0 Å². The average Bonchev–Trinajstić information content (AvgIpc) is 2.51. The molecule has 1 N–H and O–H groups in total. The Balaban J connectivity index is 0. The molecule has 0 spiro atoms. The Bertz CT molecular complexity index is 186. The Kier molecular flexibility index (Phi) is 26.5. The predicted octanol–water partition coefficient (Wildman–Crippen LogP) is 6.82. The molecule has 0 aliphatic heterocycles. The number of aliphatic hydroxyl groups excluding tert-OH is 1. The number of allylic oxidation sites excluding steroid dienone is 2. The smallest absolute Gasteiger partial charge is 0.0431 e. The normalized spacial score (nSPS) is 9.81. The van der Waals surface area contributed by atoms with Gasteiger partial charge in [0, 0.05) is 6.61 Å². The van der Waals surface area contributed by atoms with Crippen LogP contribution in [0, 0.1) is 0 Å². The summed E-state index contributed by atoms with van der Waals surface area (Å²) in [4.78, 5) is 0. The highest BCUT2D eigenvalue weighted by atomic mass is 16.2. The van der Waals surface area contributed by atoms with Crippen molar-refractivity contribution in [2.24, 2.45) is 0 Å². The van der Waals surface area contributed by atoms with Crippen molar-refractivity contribution in [3.8, 4) is 0 Å². The van der Waals surface area contributed by atoms with Gasteiger partial charge < -0.3 is 5.11 Å². The van der Waals surface area contributed by atoms with E-state index in [-0.39, 0.29) is 0 Å². The van der Waals surface area contributed by atoms with Crippen molar-refractivity contribution in [2.75, 3.05) is 6.61 Å². The Labute approximate surface area is 134 Å². The van der Waals surface area contributed by atoms with Gasteiger partial charge in [-0.3, -0.25) is 0 Å². The van der Waals surface area contributed by atoms with E-state index in [9.17, 15) is 0 Å². The summed E-state index contributed by atoms with van der Waals surface area (Å²) in [6.45, 7) is 9.98. The number of unbranched alkanes of at least 4 members (excludes halogenated alkanes) is 12. The first-order valence-corrected chi connectivity index (χ1v) is 9.16. The third-order valence-corrected chi connectivity index (χ3v) is 3.58. The maximum Gasteiger partial charge on any atom is 0.0431 e. The van der Waals surface area contributed by atoms with Crippen LogP contribution in [-0.2, 0) is 0 Å². The van der Waals surface area contributed by atoms with Crippen LogP contribution in [0.5, 0.6) is 0 Å². The number of aliphatic hydroxyl groups is 1. The number of hydrogen-bond acceptors (Lipinski definition) is 1. The molecule has 0 saturated heterocycles. The molecule has 0 aliphatic rings. The number of hydrogen-bond donors (Lipinski definition) is 1. The van der Waals surface area contributed by atoms with Crippen LogP contribution in [0.1, 0.15) is 96.8 Å². The molecule has 0 amide bonds. The second kappa shape index (κ2) is 24.5. The third-order valence-electron chi connectivity index (χ3n) is 3.58. The van der Waals surface area contributed by atoms with Gasteiger partial charge in [-0.2, -0.15) is 0 Å². The molecule has 0 atom stereocenters. The average molecular weight is 297 g/mol. The standard InChI is InChI=1S/C10H20O.C10H20/c1-2-3-4-5-6-7-8-9-10-11;1-3-5-7-9-10-8-6-4-2/h2,11H,1,3-10H2;3H,1,4-10H2,2H3. The zero-order valence-corrected chi connectivity index (χ0v) is 14.6. The van der Waals surface area contributed by atoms with Gasteiger partial charge in [0.15, 0.2) is 0 Å². The molecule has 0 fully saturated rings. The molecule has 0 radical (unpaired) electrons. The highest BCUT2D eigenvalue weighted by Gasteiger charge is 1.88. The van der Waals surface area contributed by atoms with Crippen LogP contribution < -0.4 is 0 Å². The summed E-state index contributed by atoms with van der Waals surface area (Å²) in [5.41, 5.74) is 0. The summed E-state index contributed by atoms with van der Waals surface area (Å²) in [5, 5.41) is 8.49. The number of rotatable bonds is 15. The summed E-state index contributed by atoms with van der Waals surface area (Å²) >= 11 is 0. The van der Waals surface area contributed by atoms with E-state index in [1.165, 1.54) is 77.0 Å². The highest BCUT2D eigenvalue weighted by Crippen LogP contribution is 2.07. The van der Waals surface area contributed by atoms with Crippen molar-refractivity contribution in [3.63, 3.8) is 0 Å². The van der Waals surface area contributed by atoms with Crippen molar-refractivity contribution in [1.29, 1.82) is 0 Å². The molecule has 126 valence electrons. The molecule has 21 heavy (non-hydrogen) atoms. The molecule has 0 aromatic carbocycles. The van der Waals surface area contributed by atoms with Gasteiger partial charge in [0.1, 0.15) is 0 Å². The first kappa shape index (κ1) is 22.7. The maximum absolute atomic E-state index is 8.49. The van der Waals surface area contributed by atoms with Gasteiger partial charge in [0.2, 0.25) is 0 Å². The van der Waals surface area contributed by atoms with E-state index >= 15 is 0 Å². The Morgan fingerprint density at radius 1 is 0.619 bits per heavy atom. The zero-order chi connectivity index (χ0) is 16.0.